The summed E-state index contributed by atoms with van der Waals surface area (Å²) >= 11 is 1.71. The van der Waals surface area contributed by atoms with Crippen LogP contribution in [0, 0.1) is 0 Å². The number of thiophene rings is 1. The largest absolute Gasteiger partial charge is 0.357 e. The molecule has 0 saturated heterocycles. The molecule has 1 N–H and O–H groups in total. The van der Waals surface area contributed by atoms with Crippen molar-refractivity contribution in [3.05, 3.63) is 17.0 Å². The first-order valence-electron chi connectivity index (χ1n) is 4.91. The highest BCUT2D eigenvalue weighted by molar-refractivity contribution is 7.13. The van der Waals surface area contributed by atoms with Gasteiger partial charge in [-0.15, -0.1) is 21.5 Å². The zero-order valence-electron chi connectivity index (χ0n) is 9.11. The van der Waals surface area contributed by atoms with Crippen LogP contribution in [0.3, 0.4) is 0 Å². The molecule has 0 radical (unpaired) electrons. The van der Waals surface area contributed by atoms with Crippen LogP contribution in [0.25, 0.3) is 10.7 Å². The number of anilines is 1. The van der Waals surface area contributed by atoms with Gasteiger partial charge in [0.05, 0.1) is 4.88 Å². The van der Waals surface area contributed by atoms with Crippen LogP contribution < -0.4 is 5.32 Å². The molecule has 0 unspecified atom stereocenters. The molecular formula is C10H14N4S. The van der Waals surface area contributed by atoms with Crippen molar-refractivity contribution in [3.63, 3.8) is 0 Å². The molecule has 0 atom stereocenters. The maximum atomic E-state index is 4.20. The van der Waals surface area contributed by atoms with Gasteiger partial charge in [-0.05, 0) is 23.4 Å². The molecule has 2 rings (SSSR count). The van der Waals surface area contributed by atoms with Crippen molar-refractivity contribution >= 4 is 17.3 Å². The average molecular weight is 222 g/mol. The Kier molecular flexibility index (Phi) is 2.73. The van der Waals surface area contributed by atoms with Gasteiger partial charge in [-0.1, -0.05) is 6.92 Å². The second kappa shape index (κ2) is 4.02. The van der Waals surface area contributed by atoms with E-state index in [1.165, 1.54) is 10.4 Å². The summed E-state index contributed by atoms with van der Waals surface area (Å²) in [6.07, 6.45) is 1.03. The first kappa shape index (κ1) is 10.2. The van der Waals surface area contributed by atoms with Crippen molar-refractivity contribution in [2.45, 2.75) is 13.3 Å². The van der Waals surface area contributed by atoms with Gasteiger partial charge in [0.15, 0.2) is 5.82 Å². The standard InChI is InChI=1S/C10H14N4S/c1-4-7-5-6-15-8(7)9-12-13-10(11-2)14(9)3/h5-6H,4H2,1-3H3,(H,11,13). The van der Waals surface area contributed by atoms with E-state index < -0.39 is 0 Å². The second-order valence-corrected chi connectivity index (χ2v) is 4.20. The Morgan fingerprint density at radius 1 is 1.47 bits per heavy atom. The SMILES string of the molecule is CCc1ccsc1-c1nnc(NC)n1C. The highest BCUT2D eigenvalue weighted by Crippen LogP contribution is 2.29. The number of rotatable bonds is 3. The van der Waals surface area contributed by atoms with E-state index in [-0.39, 0.29) is 0 Å². The minimum Gasteiger partial charge on any atom is -0.357 e. The molecule has 4 nitrogen and oxygen atoms in total. The third-order valence-corrected chi connectivity index (χ3v) is 3.38. The molecule has 0 fully saturated rings. The van der Waals surface area contributed by atoms with E-state index >= 15 is 0 Å². The smallest absolute Gasteiger partial charge is 0.224 e. The van der Waals surface area contributed by atoms with E-state index in [4.69, 9.17) is 0 Å². The molecule has 0 aliphatic carbocycles. The second-order valence-electron chi connectivity index (χ2n) is 3.28. The van der Waals surface area contributed by atoms with E-state index in [1.54, 1.807) is 11.3 Å². The van der Waals surface area contributed by atoms with Crippen LogP contribution in [-0.4, -0.2) is 21.8 Å². The highest BCUT2D eigenvalue weighted by Gasteiger charge is 2.13. The van der Waals surface area contributed by atoms with Crippen LogP contribution in [0.4, 0.5) is 5.95 Å². The molecule has 80 valence electrons. The van der Waals surface area contributed by atoms with Crippen LogP contribution in [0.1, 0.15) is 12.5 Å². The summed E-state index contributed by atoms with van der Waals surface area (Å²) in [4.78, 5) is 1.22. The summed E-state index contributed by atoms with van der Waals surface area (Å²) in [6.45, 7) is 2.15. The monoisotopic (exact) mass is 222 g/mol. The molecule has 0 aromatic carbocycles. The van der Waals surface area contributed by atoms with E-state index in [2.05, 4.69) is 33.9 Å². The van der Waals surface area contributed by atoms with Crippen LogP contribution >= 0.6 is 11.3 Å². The number of hydrogen-bond donors (Lipinski definition) is 1. The predicted octanol–water partition coefficient (Wildman–Crippen LogP) is 2.15. The zero-order chi connectivity index (χ0) is 10.8. The fraction of sp³-hybridized carbons (Fsp3) is 0.400. The average Bonchev–Trinajstić information content (AvgIpc) is 2.83. The molecule has 0 aliphatic heterocycles. The summed E-state index contributed by atoms with van der Waals surface area (Å²) in [5.41, 5.74) is 1.33. The Morgan fingerprint density at radius 2 is 2.27 bits per heavy atom. The normalized spacial score (nSPS) is 10.6. The van der Waals surface area contributed by atoms with Gasteiger partial charge < -0.3 is 5.32 Å². The summed E-state index contributed by atoms with van der Waals surface area (Å²) in [5, 5.41) is 13.4. The van der Waals surface area contributed by atoms with Crippen LogP contribution in [0.2, 0.25) is 0 Å². The molecule has 0 bridgehead atoms. The quantitative estimate of drug-likeness (QED) is 0.865. The van der Waals surface area contributed by atoms with Crippen molar-refractivity contribution in [2.24, 2.45) is 7.05 Å². The van der Waals surface area contributed by atoms with Gasteiger partial charge in [-0.3, -0.25) is 4.57 Å². The summed E-state index contributed by atoms with van der Waals surface area (Å²) in [7, 11) is 3.82. The van der Waals surface area contributed by atoms with Crippen LogP contribution in [0.5, 0.6) is 0 Å². The zero-order valence-corrected chi connectivity index (χ0v) is 9.93. The van der Waals surface area contributed by atoms with E-state index in [0.717, 1.165) is 18.2 Å². The molecule has 15 heavy (non-hydrogen) atoms. The van der Waals surface area contributed by atoms with E-state index in [0.29, 0.717) is 0 Å². The van der Waals surface area contributed by atoms with E-state index in [9.17, 15) is 0 Å². The van der Waals surface area contributed by atoms with Crippen LogP contribution in [-0.2, 0) is 13.5 Å². The first-order valence-corrected chi connectivity index (χ1v) is 5.79. The fourth-order valence-electron chi connectivity index (χ4n) is 1.55. The number of nitrogens with zero attached hydrogens (tertiary/aromatic N) is 3. The Hall–Kier alpha value is -1.36. The first-order chi connectivity index (χ1) is 7.27. The fourth-order valence-corrected chi connectivity index (χ4v) is 2.57. The Bertz CT molecular complexity index is 458. The Labute approximate surface area is 93.0 Å². The summed E-state index contributed by atoms with van der Waals surface area (Å²) in [5.74, 6) is 1.73. The summed E-state index contributed by atoms with van der Waals surface area (Å²) in [6, 6.07) is 2.15. The van der Waals surface area contributed by atoms with Crippen molar-refractivity contribution < 1.29 is 0 Å². The van der Waals surface area contributed by atoms with Gasteiger partial charge in [0, 0.05) is 14.1 Å². The van der Waals surface area contributed by atoms with Crippen molar-refractivity contribution in [1.82, 2.24) is 14.8 Å². The maximum Gasteiger partial charge on any atom is 0.224 e. The molecule has 0 saturated carbocycles. The minimum atomic E-state index is 0.792. The number of aryl methyl sites for hydroxylation is 1. The maximum absolute atomic E-state index is 4.20. The van der Waals surface area contributed by atoms with Crippen molar-refractivity contribution in [2.75, 3.05) is 12.4 Å². The van der Waals surface area contributed by atoms with E-state index in [1.807, 2.05) is 18.7 Å². The highest BCUT2D eigenvalue weighted by atomic mass is 32.1. The number of nitrogens with one attached hydrogen (secondary N) is 1. The molecule has 0 spiro atoms. The Morgan fingerprint density at radius 3 is 2.87 bits per heavy atom. The van der Waals surface area contributed by atoms with Gasteiger partial charge >= 0.3 is 0 Å². The Balaban J connectivity index is 2.49. The molecule has 0 aliphatic rings. The third-order valence-electron chi connectivity index (χ3n) is 2.43. The predicted molar refractivity (Wildman–Crippen MR) is 63.2 cm³/mol. The molecule has 2 aromatic rings. The molecule has 5 heteroatoms. The lowest BCUT2D eigenvalue weighted by Crippen LogP contribution is -1.99. The van der Waals surface area contributed by atoms with Gasteiger partial charge in [-0.2, -0.15) is 0 Å². The van der Waals surface area contributed by atoms with Gasteiger partial charge in [-0.25, -0.2) is 0 Å². The molecular weight excluding hydrogens is 208 g/mol. The minimum absolute atomic E-state index is 0.792. The lowest BCUT2D eigenvalue weighted by atomic mass is 10.2. The van der Waals surface area contributed by atoms with Gasteiger partial charge in [0.25, 0.3) is 0 Å². The topological polar surface area (TPSA) is 42.7 Å². The van der Waals surface area contributed by atoms with Crippen LogP contribution in [0.15, 0.2) is 11.4 Å². The number of hydrogen-bond acceptors (Lipinski definition) is 4. The number of aromatic nitrogens is 3. The lowest BCUT2D eigenvalue weighted by molar-refractivity contribution is 0.925. The lowest BCUT2D eigenvalue weighted by Gasteiger charge is -2.02. The molecule has 0 amide bonds. The molecule has 2 aromatic heterocycles. The van der Waals surface area contributed by atoms with Gasteiger partial charge in [0.1, 0.15) is 0 Å². The molecule has 2 heterocycles. The van der Waals surface area contributed by atoms with Crippen molar-refractivity contribution in [3.8, 4) is 10.7 Å². The van der Waals surface area contributed by atoms with Gasteiger partial charge in [0.2, 0.25) is 5.95 Å². The third kappa shape index (κ3) is 1.63. The summed E-state index contributed by atoms with van der Waals surface area (Å²) < 4.78 is 1.98. The van der Waals surface area contributed by atoms with Crippen molar-refractivity contribution in [1.29, 1.82) is 0 Å².